The SMILES string of the molecule is CC(CO)CNC(=O)C1CCC(NC(=O)CC2CCCC2)CC1. The predicted molar refractivity (Wildman–Crippen MR) is 89.7 cm³/mol. The molecule has 2 aliphatic rings. The second kappa shape index (κ2) is 9.26. The molecule has 2 fully saturated rings. The van der Waals surface area contributed by atoms with Gasteiger partial charge in [0.2, 0.25) is 11.8 Å². The van der Waals surface area contributed by atoms with Crippen LogP contribution in [-0.2, 0) is 9.59 Å². The molecular weight excluding hydrogens is 292 g/mol. The molecular formula is C18H32N2O3. The summed E-state index contributed by atoms with van der Waals surface area (Å²) >= 11 is 0. The highest BCUT2D eigenvalue weighted by Gasteiger charge is 2.27. The number of carbonyl (C=O) groups is 2. The number of aliphatic hydroxyl groups is 1. The molecule has 5 nitrogen and oxygen atoms in total. The summed E-state index contributed by atoms with van der Waals surface area (Å²) in [6.45, 7) is 2.55. The Bertz CT molecular complexity index is 386. The molecule has 2 aliphatic carbocycles. The maximum atomic E-state index is 12.1. The van der Waals surface area contributed by atoms with Gasteiger partial charge in [0.05, 0.1) is 0 Å². The first-order valence-electron chi connectivity index (χ1n) is 9.26. The molecule has 0 saturated heterocycles. The molecule has 0 aromatic carbocycles. The highest BCUT2D eigenvalue weighted by molar-refractivity contribution is 5.79. The van der Waals surface area contributed by atoms with Gasteiger partial charge in [-0.1, -0.05) is 19.8 Å². The molecule has 1 unspecified atom stereocenters. The Kier molecular flexibility index (Phi) is 7.34. The smallest absolute Gasteiger partial charge is 0.223 e. The summed E-state index contributed by atoms with van der Waals surface area (Å²) < 4.78 is 0. The van der Waals surface area contributed by atoms with Crippen molar-refractivity contribution in [2.75, 3.05) is 13.2 Å². The van der Waals surface area contributed by atoms with Crippen molar-refractivity contribution >= 4 is 11.8 Å². The maximum absolute atomic E-state index is 12.1. The fourth-order valence-electron chi connectivity index (χ4n) is 3.75. The van der Waals surface area contributed by atoms with Gasteiger partial charge in [0.25, 0.3) is 0 Å². The standard InChI is InChI=1S/C18H32N2O3/c1-13(12-21)11-19-18(23)15-6-8-16(9-7-15)20-17(22)10-14-4-2-3-5-14/h13-16,21H,2-12H2,1H3,(H,19,23)(H,20,22). The van der Waals surface area contributed by atoms with Gasteiger partial charge in [-0.3, -0.25) is 9.59 Å². The summed E-state index contributed by atoms with van der Waals surface area (Å²) in [6, 6.07) is 0.240. The van der Waals surface area contributed by atoms with E-state index in [1.165, 1.54) is 25.7 Å². The number of rotatable bonds is 7. The van der Waals surface area contributed by atoms with Crippen LogP contribution in [0.5, 0.6) is 0 Å². The Labute approximate surface area is 139 Å². The molecule has 0 bridgehead atoms. The lowest BCUT2D eigenvalue weighted by Gasteiger charge is -2.29. The first-order chi connectivity index (χ1) is 11.1. The first kappa shape index (κ1) is 18.2. The van der Waals surface area contributed by atoms with E-state index in [4.69, 9.17) is 5.11 Å². The molecule has 23 heavy (non-hydrogen) atoms. The molecule has 132 valence electrons. The second-order valence-corrected chi connectivity index (χ2v) is 7.50. The molecule has 0 aromatic rings. The Morgan fingerprint density at radius 2 is 1.74 bits per heavy atom. The minimum absolute atomic E-state index is 0.0591. The monoisotopic (exact) mass is 324 g/mol. The van der Waals surface area contributed by atoms with Crippen LogP contribution in [-0.4, -0.2) is 36.1 Å². The van der Waals surface area contributed by atoms with Gasteiger partial charge in [-0.2, -0.15) is 0 Å². The van der Waals surface area contributed by atoms with Crippen LogP contribution in [0.4, 0.5) is 0 Å². The highest BCUT2D eigenvalue weighted by Crippen LogP contribution is 2.28. The van der Waals surface area contributed by atoms with Crippen LogP contribution in [0.15, 0.2) is 0 Å². The van der Waals surface area contributed by atoms with Crippen molar-refractivity contribution in [2.24, 2.45) is 17.8 Å². The van der Waals surface area contributed by atoms with Gasteiger partial charge in [-0.05, 0) is 50.4 Å². The van der Waals surface area contributed by atoms with Crippen molar-refractivity contribution < 1.29 is 14.7 Å². The average Bonchev–Trinajstić information content (AvgIpc) is 3.05. The molecule has 0 radical (unpaired) electrons. The van der Waals surface area contributed by atoms with Gasteiger partial charge in [0.1, 0.15) is 0 Å². The summed E-state index contributed by atoms with van der Waals surface area (Å²) in [5, 5.41) is 15.1. The van der Waals surface area contributed by atoms with E-state index in [0.29, 0.717) is 18.9 Å². The third-order valence-electron chi connectivity index (χ3n) is 5.35. The molecule has 3 N–H and O–H groups in total. The minimum atomic E-state index is 0.0591. The third-order valence-corrected chi connectivity index (χ3v) is 5.35. The third kappa shape index (κ3) is 6.13. The van der Waals surface area contributed by atoms with Crippen molar-refractivity contribution in [3.63, 3.8) is 0 Å². The van der Waals surface area contributed by atoms with E-state index in [2.05, 4.69) is 10.6 Å². The van der Waals surface area contributed by atoms with Crippen molar-refractivity contribution in [1.82, 2.24) is 10.6 Å². The topological polar surface area (TPSA) is 78.4 Å². The predicted octanol–water partition coefficient (Wildman–Crippen LogP) is 1.99. The molecule has 5 heteroatoms. The molecule has 2 amide bonds. The van der Waals surface area contributed by atoms with Gasteiger partial charge < -0.3 is 15.7 Å². The van der Waals surface area contributed by atoms with Crippen LogP contribution >= 0.6 is 0 Å². The van der Waals surface area contributed by atoms with Crippen LogP contribution in [0.3, 0.4) is 0 Å². The zero-order valence-corrected chi connectivity index (χ0v) is 14.4. The Hall–Kier alpha value is -1.10. The van der Waals surface area contributed by atoms with Crippen LogP contribution in [0.2, 0.25) is 0 Å². The lowest BCUT2D eigenvalue weighted by Crippen LogP contribution is -2.42. The van der Waals surface area contributed by atoms with Gasteiger partial charge in [-0.15, -0.1) is 0 Å². The molecule has 0 aliphatic heterocycles. The van der Waals surface area contributed by atoms with Gasteiger partial charge >= 0.3 is 0 Å². The molecule has 0 aromatic heterocycles. The molecule has 0 spiro atoms. The van der Waals surface area contributed by atoms with E-state index in [0.717, 1.165) is 25.7 Å². The second-order valence-electron chi connectivity index (χ2n) is 7.50. The lowest BCUT2D eigenvalue weighted by atomic mass is 9.85. The minimum Gasteiger partial charge on any atom is -0.396 e. The molecule has 0 heterocycles. The quantitative estimate of drug-likeness (QED) is 0.670. The fourth-order valence-corrected chi connectivity index (χ4v) is 3.75. The number of carbonyl (C=O) groups excluding carboxylic acids is 2. The summed E-state index contributed by atoms with van der Waals surface area (Å²) in [7, 11) is 0. The normalized spacial score (nSPS) is 26.7. The summed E-state index contributed by atoms with van der Waals surface area (Å²) in [6.07, 6.45) is 9.09. The van der Waals surface area contributed by atoms with Crippen molar-refractivity contribution in [2.45, 2.75) is 70.8 Å². The summed E-state index contributed by atoms with van der Waals surface area (Å²) in [5.41, 5.74) is 0. The largest absolute Gasteiger partial charge is 0.396 e. The summed E-state index contributed by atoms with van der Waals surface area (Å²) in [4.78, 5) is 24.2. The van der Waals surface area contributed by atoms with E-state index in [9.17, 15) is 9.59 Å². The number of nitrogens with one attached hydrogen (secondary N) is 2. The van der Waals surface area contributed by atoms with E-state index in [-0.39, 0.29) is 36.3 Å². The fraction of sp³-hybridized carbons (Fsp3) is 0.889. The highest BCUT2D eigenvalue weighted by atomic mass is 16.3. The Balaban J connectivity index is 1.63. The van der Waals surface area contributed by atoms with E-state index >= 15 is 0 Å². The van der Waals surface area contributed by atoms with Gasteiger partial charge in [0, 0.05) is 31.5 Å². The van der Waals surface area contributed by atoms with E-state index < -0.39 is 0 Å². The Morgan fingerprint density at radius 3 is 2.35 bits per heavy atom. The number of hydrogen-bond acceptors (Lipinski definition) is 3. The van der Waals surface area contributed by atoms with Gasteiger partial charge in [-0.25, -0.2) is 0 Å². The Morgan fingerprint density at radius 1 is 1.09 bits per heavy atom. The average molecular weight is 324 g/mol. The number of hydrogen-bond donors (Lipinski definition) is 3. The lowest BCUT2D eigenvalue weighted by molar-refractivity contribution is -0.126. The number of amides is 2. The van der Waals surface area contributed by atoms with Crippen molar-refractivity contribution in [3.8, 4) is 0 Å². The van der Waals surface area contributed by atoms with Crippen LogP contribution in [0.25, 0.3) is 0 Å². The van der Waals surface area contributed by atoms with E-state index in [1.807, 2.05) is 6.92 Å². The zero-order chi connectivity index (χ0) is 16.7. The molecule has 1 atom stereocenters. The molecule has 2 saturated carbocycles. The number of aliphatic hydroxyl groups excluding tert-OH is 1. The zero-order valence-electron chi connectivity index (χ0n) is 14.4. The van der Waals surface area contributed by atoms with Crippen molar-refractivity contribution in [1.29, 1.82) is 0 Å². The maximum Gasteiger partial charge on any atom is 0.223 e. The van der Waals surface area contributed by atoms with Crippen LogP contribution in [0, 0.1) is 17.8 Å². The van der Waals surface area contributed by atoms with Crippen LogP contribution < -0.4 is 10.6 Å². The molecule has 2 rings (SSSR count). The first-order valence-corrected chi connectivity index (χ1v) is 9.26. The van der Waals surface area contributed by atoms with Crippen molar-refractivity contribution in [3.05, 3.63) is 0 Å². The van der Waals surface area contributed by atoms with Gasteiger partial charge in [0.15, 0.2) is 0 Å². The summed E-state index contributed by atoms with van der Waals surface area (Å²) in [5.74, 6) is 1.04. The van der Waals surface area contributed by atoms with Crippen LogP contribution in [0.1, 0.15) is 64.7 Å². The van der Waals surface area contributed by atoms with E-state index in [1.54, 1.807) is 0 Å².